The second-order valence-corrected chi connectivity index (χ2v) is 4.56. The van der Waals surface area contributed by atoms with Crippen LogP contribution >= 0.6 is 0 Å². The van der Waals surface area contributed by atoms with E-state index in [0.29, 0.717) is 12.1 Å². The zero-order valence-corrected chi connectivity index (χ0v) is 11.1. The molecule has 0 aliphatic rings. The Morgan fingerprint density at radius 2 is 2.05 bits per heavy atom. The summed E-state index contributed by atoms with van der Waals surface area (Å²) in [4.78, 5) is 6.38. The van der Waals surface area contributed by atoms with Gasteiger partial charge in [0.05, 0.1) is 18.8 Å². The van der Waals surface area contributed by atoms with Gasteiger partial charge in [0.25, 0.3) is 0 Å². The van der Waals surface area contributed by atoms with Crippen molar-refractivity contribution < 1.29 is 9.50 Å². The van der Waals surface area contributed by atoms with Crippen molar-refractivity contribution in [3.8, 4) is 0 Å². The third-order valence-corrected chi connectivity index (χ3v) is 2.97. The van der Waals surface area contributed by atoms with Crippen LogP contribution in [0.3, 0.4) is 0 Å². The lowest BCUT2D eigenvalue weighted by molar-refractivity contribution is 0.281. The van der Waals surface area contributed by atoms with Crippen LogP contribution in [0, 0.1) is 12.7 Å². The average Bonchev–Trinajstić information content (AvgIpc) is 2.38. The Morgan fingerprint density at radius 3 is 2.74 bits per heavy atom. The molecular formula is C15H17FN2O. The molecule has 0 aliphatic heterocycles. The minimum Gasteiger partial charge on any atom is -0.392 e. The third kappa shape index (κ3) is 3.29. The van der Waals surface area contributed by atoms with E-state index in [-0.39, 0.29) is 12.4 Å². The van der Waals surface area contributed by atoms with E-state index in [0.717, 1.165) is 17.1 Å². The van der Waals surface area contributed by atoms with Crippen molar-refractivity contribution in [1.82, 2.24) is 4.98 Å². The fraction of sp³-hybridized carbons (Fsp3) is 0.267. The Morgan fingerprint density at radius 1 is 1.26 bits per heavy atom. The first-order valence-electron chi connectivity index (χ1n) is 6.13. The van der Waals surface area contributed by atoms with Crippen LogP contribution in [0.2, 0.25) is 0 Å². The molecule has 0 atom stereocenters. The standard InChI is InChI=1S/C15H17FN2O/c1-11-4-3-5-14(17-11)9-18(2)15-7-6-13(16)8-12(15)10-19/h3-8,19H,9-10H2,1-2H3. The fourth-order valence-electron chi connectivity index (χ4n) is 2.07. The number of nitrogens with zero attached hydrogens (tertiary/aromatic N) is 2. The Labute approximate surface area is 112 Å². The second kappa shape index (κ2) is 5.80. The number of pyridine rings is 1. The molecule has 1 aromatic carbocycles. The van der Waals surface area contributed by atoms with Gasteiger partial charge >= 0.3 is 0 Å². The molecule has 0 radical (unpaired) electrons. The first-order chi connectivity index (χ1) is 9.10. The molecule has 0 aliphatic carbocycles. The smallest absolute Gasteiger partial charge is 0.123 e. The van der Waals surface area contributed by atoms with Crippen LogP contribution in [0.25, 0.3) is 0 Å². The topological polar surface area (TPSA) is 36.4 Å². The monoisotopic (exact) mass is 260 g/mol. The van der Waals surface area contributed by atoms with E-state index in [9.17, 15) is 9.50 Å². The van der Waals surface area contributed by atoms with Gasteiger partial charge in [0, 0.05) is 24.0 Å². The molecule has 0 spiro atoms. The van der Waals surface area contributed by atoms with Crippen molar-refractivity contribution in [3.05, 3.63) is 59.2 Å². The Hall–Kier alpha value is -1.94. The highest BCUT2D eigenvalue weighted by Gasteiger charge is 2.09. The third-order valence-electron chi connectivity index (χ3n) is 2.97. The number of rotatable bonds is 4. The fourth-order valence-corrected chi connectivity index (χ4v) is 2.07. The van der Waals surface area contributed by atoms with Gasteiger partial charge in [0.15, 0.2) is 0 Å². The minimum absolute atomic E-state index is 0.182. The van der Waals surface area contributed by atoms with Crippen molar-refractivity contribution in [2.75, 3.05) is 11.9 Å². The molecule has 1 N–H and O–H groups in total. The molecule has 0 saturated heterocycles. The van der Waals surface area contributed by atoms with Crippen molar-refractivity contribution >= 4 is 5.69 Å². The number of aliphatic hydroxyl groups is 1. The molecule has 100 valence electrons. The molecule has 3 nitrogen and oxygen atoms in total. The van der Waals surface area contributed by atoms with Gasteiger partial charge in [-0.25, -0.2) is 4.39 Å². The summed E-state index contributed by atoms with van der Waals surface area (Å²) in [6.07, 6.45) is 0. The molecule has 0 saturated carbocycles. The number of halogens is 1. The molecule has 2 rings (SSSR count). The number of benzene rings is 1. The van der Waals surface area contributed by atoms with Crippen LogP contribution in [0.1, 0.15) is 17.0 Å². The quantitative estimate of drug-likeness (QED) is 0.918. The zero-order chi connectivity index (χ0) is 13.8. The summed E-state index contributed by atoms with van der Waals surface area (Å²) >= 11 is 0. The van der Waals surface area contributed by atoms with Gasteiger partial charge < -0.3 is 10.0 Å². The summed E-state index contributed by atoms with van der Waals surface area (Å²) < 4.78 is 13.1. The maximum atomic E-state index is 13.1. The van der Waals surface area contributed by atoms with E-state index in [1.807, 2.05) is 37.1 Å². The van der Waals surface area contributed by atoms with E-state index in [1.165, 1.54) is 12.1 Å². The van der Waals surface area contributed by atoms with Crippen LogP contribution < -0.4 is 4.90 Å². The Balaban J connectivity index is 2.22. The summed E-state index contributed by atoms with van der Waals surface area (Å²) in [6.45, 7) is 2.37. The van der Waals surface area contributed by atoms with Gasteiger partial charge in [-0.2, -0.15) is 0 Å². The van der Waals surface area contributed by atoms with Gasteiger partial charge in [-0.05, 0) is 37.3 Å². The predicted molar refractivity (Wildman–Crippen MR) is 73.4 cm³/mol. The summed E-state index contributed by atoms with van der Waals surface area (Å²) in [5, 5.41) is 9.29. The highest BCUT2D eigenvalue weighted by atomic mass is 19.1. The molecule has 0 fully saturated rings. The van der Waals surface area contributed by atoms with E-state index in [1.54, 1.807) is 6.07 Å². The van der Waals surface area contributed by atoms with Gasteiger partial charge in [-0.1, -0.05) is 6.07 Å². The van der Waals surface area contributed by atoms with Crippen LogP contribution in [-0.2, 0) is 13.2 Å². The number of aryl methyl sites for hydroxylation is 1. The van der Waals surface area contributed by atoms with Crippen LogP contribution in [0.15, 0.2) is 36.4 Å². The molecule has 0 unspecified atom stereocenters. The van der Waals surface area contributed by atoms with Crippen molar-refractivity contribution in [2.45, 2.75) is 20.1 Å². The van der Waals surface area contributed by atoms with E-state index in [4.69, 9.17) is 0 Å². The molecule has 1 heterocycles. The molecule has 0 bridgehead atoms. The van der Waals surface area contributed by atoms with Crippen LogP contribution in [0.5, 0.6) is 0 Å². The largest absolute Gasteiger partial charge is 0.392 e. The zero-order valence-electron chi connectivity index (χ0n) is 11.1. The normalized spacial score (nSPS) is 10.5. The maximum absolute atomic E-state index is 13.1. The van der Waals surface area contributed by atoms with Gasteiger partial charge in [-0.3, -0.25) is 4.98 Å². The molecule has 0 amide bonds. The average molecular weight is 260 g/mol. The first-order valence-corrected chi connectivity index (χ1v) is 6.13. The lowest BCUT2D eigenvalue weighted by Crippen LogP contribution is -2.19. The van der Waals surface area contributed by atoms with Gasteiger partial charge in [0.2, 0.25) is 0 Å². The van der Waals surface area contributed by atoms with Crippen molar-refractivity contribution in [1.29, 1.82) is 0 Å². The first kappa shape index (κ1) is 13.5. The Kier molecular flexibility index (Phi) is 4.12. The molecule has 4 heteroatoms. The van der Waals surface area contributed by atoms with Crippen LogP contribution in [-0.4, -0.2) is 17.1 Å². The van der Waals surface area contributed by atoms with Gasteiger partial charge in [-0.15, -0.1) is 0 Å². The summed E-state index contributed by atoms with van der Waals surface area (Å²) in [7, 11) is 1.90. The number of anilines is 1. The van der Waals surface area contributed by atoms with Crippen molar-refractivity contribution in [3.63, 3.8) is 0 Å². The van der Waals surface area contributed by atoms with E-state index >= 15 is 0 Å². The van der Waals surface area contributed by atoms with Gasteiger partial charge in [0.1, 0.15) is 5.82 Å². The highest BCUT2D eigenvalue weighted by Crippen LogP contribution is 2.22. The highest BCUT2D eigenvalue weighted by molar-refractivity contribution is 5.53. The SMILES string of the molecule is Cc1cccc(CN(C)c2ccc(F)cc2CO)n1. The lowest BCUT2D eigenvalue weighted by atomic mass is 10.1. The predicted octanol–water partition coefficient (Wildman–Crippen LogP) is 2.66. The summed E-state index contributed by atoms with van der Waals surface area (Å²) in [5.74, 6) is -0.338. The number of aliphatic hydroxyl groups excluding tert-OH is 1. The number of hydrogen-bond acceptors (Lipinski definition) is 3. The minimum atomic E-state index is -0.338. The Bertz CT molecular complexity index is 572. The number of aromatic nitrogens is 1. The second-order valence-electron chi connectivity index (χ2n) is 4.56. The van der Waals surface area contributed by atoms with E-state index in [2.05, 4.69) is 4.98 Å². The lowest BCUT2D eigenvalue weighted by Gasteiger charge is -2.21. The molecule has 1 aromatic heterocycles. The molecule has 2 aromatic rings. The van der Waals surface area contributed by atoms with Crippen molar-refractivity contribution in [2.24, 2.45) is 0 Å². The van der Waals surface area contributed by atoms with E-state index < -0.39 is 0 Å². The summed E-state index contributed by atoms with van der Waals surface area (Å²) in [5.41, 5.74) is 3.30. The number of hydrogen-bond donors (Lipinski definition) is 1. The molecular weight excluding hydrogens is 243 g/mol. The molecule has 19 heavy (non-hydrogen) atoms. The maximum Gasteiger partial charge on any atom is 0.123 e. The van der Waals surface area contributed by atoms with Crippen LogP contribution in [0.4, 0.5) is 10.1 Å². The summed E-state index contributed by atoms with van der Waals surface area (Å²) in [6, 6.07) is 10.3.